The number of furan rings is 1. The smallest absolute Gasteiger partial charge is 0.220 e. The van der Waals surface area contributed by atoms with Gasteiger partial charge in [0.1, 0.15) is 17.2 Å². The first-order valence-corrected chi connectivity index (χ1v) is 23.2. The minimum Gasteiger partial charge on any atom is -0.456 e. The second kappa shape index (κ2) is 13.6. The van der Waals surface area contributed by atoms with Crippen molar-refractivity contribution in [2.24, 2.45) is 0 Å². The zero-order chi connectivity index (χ0) is 44.8. The SMILES string of the molecule is [C-]#[N+]c1c(-c2ccccc2)c(C#N)c(-n2c3c(ccc4c5ccccc5sc43)c3ccc4oc5ccccc5c4c32)c(-c2ccccc2)c1-n1c2cncc3c4ccccc4c4cncc1c4c32. The van der Waals surface area contributed by atoms with Crippen molar-refractivity contribution < 1.29 is 4.42 Å². The van der Waals surface area contributed by atoms with Crippen LogP contribution < -0.4 is 0 Å². The third kappa shape index (κ3) is 4.68. The molecule has 0 N–H and O–H groups in total. The van der Waals surface area contributed by atoms with Crippen LogP contribution >= 0.6 is 11.3 Å². The van der Waals surface area contributed by atoms with E-state index in [1.165, 1.54) is 10.1 Å². The summed E-state index contributed by atoms with van der Waals surface area (Å²) in [5.74, 6) is 0. The molecule has 312 valence electrons. The van der Waals surface area contributed by atoms with Crippen LogP contribution in [-0.4, -0.2) is 19.1 Å². The molecular formula is C60H30N6OS. The van der Waals surface area contributed by atoms with Crippen molar-refractivity contribution in [2.75, 3.05) is 0 Å². The number of nitriles is 1. The molecule has 0 atom stereocenters. The quantitative estimate of drug-likeness (QED) is 0.130. The first-order valence-electron chi connectivity index (χ1n) is 22.4. The zero-order valence-electron chi connectivity index (χ0n) is 35.8. The number of rotatable bonds is 4. The molecule has 0 bridgehead atoms. The maximum atomic E-state index is 12.1. The van der Waals surface area contributed by atoms with Gasteiger partial charge in [0.2, 0.25) is 5.69 Å². The summed E-state index contributed by atoms with van der Waals surface area (Å²) >= 11 is 1.76. The van der Waals surface area contributed by atoms with E-state index in [4.69, 9.17) is 14.4 Å². The summed E-state index contributed by atoms with van der Waals surface area (Å²) in [4.78, 5) is 14.4. The van der Waals surface area contributed by atoms with Crippen LogP contribution in [0.2, 0.25) is 0 Å². The first kappa shape index (κ1) is 36.9. The number of benzene rings is 9. The number of aromatic nitrogens is 4. The second-order valence-corrected chi connectivity index (χ2v) is 18.4. The average molecular weight is 883 g/mol. The summed E-state index contributed by atoms with van der Waals surface area (Å²) in [6, 6.07) is 56.9. The highest BCUT2D eigenvalue weighted by molar-refractivity contribution is 7.26. The maximum Gasteiger partial charge on any atom is 0.220 e. The van der Waals surface area contributed by atoms with Crippen LogP contribution in [0.5, 0.6) is 0 Å². The number of fused-ring (bicyclic) bond motifs is 14. The number of nitrogens with zero attached hydrogens (tertiary/aromatic N) is 6. The zero-order valence-corrected chi connectivity index (χ0v) is 36.6. The average Bonchev–Trinajstić information content (AvgIpc) is 4.16. The van der Waals surface area contributed by atoms with E-state index in [0.717, 1.165) is 114 Å². The molecule has 9 aromatic carbocycles. The molecule has 0 aliphatic rings. The number of hydrogen-bond acceptors (Lipinski definition) is 5. The molecule has 68 heavy (non-hydrogen) atoms. The summed E-state index contributed by atoms with van der Waals surface area (Å²) in [6.07, 6.45) is 7.75. The van der Waals surface area contributed by atoms with Crippen molar-refractivity contribution in [1.82, 2.24) is 19.1 Å². The molecule has 6 aromatic heterocycles. The molecular weight excluding hydrogens is 853 g/mol. The first-order chi connectivity index (χ1) is 33.7. The van der Waals surface area contributed by atoms with Crippen molar-refractivity contribution in [2.45, 2.75) is 0 Å². The van der Waals surface area contributed by atoms with Crippen LogP contribution in [0.4, 0.5) is 5.69 Å². The molecule has 0 amide bonds. The van der Waals surface area contributed by atoms with Crippen molar-refractivity contribution >= 4 is 124 Å². The molecule has 0 saturated heterocycles. The maximum absolute atomic E-state index is 12.1. The fraction of sp³-hybridized carbons (Fsp3) is 0. The number of thiophene rings is 1. The fourth-order valence-corrected chi connectivity index (χ4v) is 12.7. The van der Waals surface area contributed by atoms with Crippen molar-refractivity contribution in [1.29, 1.82) is 5.26 Å². The summed E-state index contributed by atoms with van der Waals surface area (Å²) < 4.78 is 13.5. The predicted molar refractivity (Wildman–Crippen MR) is 279 cm³/mol. The lowest BCUT2D eigenvalue weighted by atomic mass is 9.88. The van der Waals surface area contributed by atoms with Gasteiger partial charge in [0.05, 0.1) is 68.1 Å². The van der Waals surface area contributed by atoms with Crippen LogP contribution in [-0.2, 0) is 0 Å². The predicted octanol–water partition coefficient (Wildman–Crippen LogP) is 16.4. The minimum atomic E-state index is 0.355. The number of pyridine rings is 2. The molecule has 0 aliphatic heterocycles. The van der Waals surface area contributed by atoms with E-state index in [-0.39, 0.29) is 0 Å². The minimum absolute atomic E-state index is 0.355. The Morgan fingerprint density at radius 2 is 1.06 bits per heavy atom. The van der Waals surface area contributed by atoms with Gasteiger partial charge in [-0.25, -0.2) is 4.85 Å². The van der Waals surface area contributed by atoms with E-state index >= 15 is 0 Å². The number of para-hydroxylation sites is 1. The van der Waals surface area contributed by atoms with Gasteiger partial charge in [0, 0.05) is 76.7 Å². The Morgan fingerprint density at radius 1 is 0.485 bits per heavy atom. The Labute approximate surface area is 390 Å². The molecule has 0 unspecified atom stereocenters. The summed E-state index contributed by atoms with van der Waals surface area (Å²) in [7, 11) is 0. The van der Waals surface area contributed by atoms with E-state index < -0.39 is 0 Å². The third-order valence-electron chi connectivity index (χ3n) is 14.1. The fourth-order valence-electron chi connectivity index (χ4n) is 11.4. The van der Waals surface area contributed by atoms with Gasteiger partial charge in [-0.05, 0) is 46.2 Å². The van der Waals surface area contributed by atoms with Gasteiger partial charge in [-0.3, -0.25) is 9.97 Å². The van der Waals surface area contributed by atoms with Crippen molar-refractivity contribution in [3.05, 3.63) is 199 Å². The van der Waals surface area contributed by atoms with Gasteiger partial charge in [-0.1, -0.05) is 133 Å². The monoisotopic (exact) mass is 882 g/mol. The van der Waals surface area contributed by atoms with E-state index in [1.54, 1.807) is 11.3 Å². The summed E-state index contributed by atoms with van der Waals surface area (Å²) in [5, 5.41) is 24.7. The molecule has 7 nitrogen and oxygen atoms in total. The number of hydrogen-bond donors (Lipinski definition) is 0. The lowest BCUT2D eigenvalue weighted by molar-refractivity contribution is 0.669. The molecule has 0 spiro atoms. The highest BCUT2D eigenvalue weighted by Gasteiger charge is 2.34. The Hall–Kier alpha value is -9.34. The van der Waals surface area contributed by atoms with E-state index in [0.29, 0.717) is 28.2 Å². The Balaban J connectivity index is 1.27. The van der Waals surface area contributed by atoms with Crippen LogP contribution in [0.25, 0.3) is 146 Å². The van der Waals surface area contributed by atoms with E-state index in [9.17, 15) is 11.8 Å². The Bertz CT molecular complexity index is 4670. The van der Waals surface area contributed by atoms with Gasteiger partial charge < -0.3 is 13.6 Å². The molecule has 8 heteroatoms. The standard InChI is InChI=1S/C60H30N6OS/c1-62-55-50(33-14-4-2-5-15-33)42(28-61)57(51(34-16-6-3-7-17-34)59(55)65-45-31-63-29-43-35-18-8-9-19-36(35)44-30-64-32-46(65)53(44)52(43)45)66-56-38(26-27-48-54(56)41-21-10-12-22-47(41)67-48)39-24-25-40-37-20-11-13-23-49(37)68-60(40)58(39)66/h2-27,29-32H. The summed E-state index contributed by atoms with van der Waals surface area (Å²) in [5.41, 5.74) is 10.1. The van der Waals surface area contributed by atoms with Crippen LogP contribution in [0, 0.1) is 17.9 Å². The van der Waals surface area contributed by atoms with Crippen LogP contribution in [0.15, 0.2) is 187 Å². The lowest BCUT2D eigenvalue weighted by Crippen LogP contribution is -2.09. The Morgan fingerprint density at radius 3 is 1.74 bits per heavy atom. The molecule has 15 rings (SSSR count). The molecule has 0 aliphatic carbocycles. The molecule has 0 saturated carbocycles. The van der Waals surface area contributed by atoms with Gasteiger partial charge in [0.15, 0.2) is 0 Å². The Kier molecular flexibility index (Phi) is 7.39. The largest absolute Gasteiger partial charge is 0.456 e. The van der Waals surface area contributed by atoms with Crippen LogP contribution in [0.3, 0.4) is 0 Å². The topological polar surface area (TPSA) is 76.9 Å². The second-order valence-electron chi connectivity index (χ2n) is 17.4. The van der Waals surface area contributed by atoms with E-state index in [1.807, 2.05) is 85.5 Å². The van der Waals surface area contributed by atoms with Crippen molar-refractivity contribution in [3.8, 4) is 39.7 Å². The molecule has 0 radical (unpaired) electrons. The van der Waals surface area contributed by atoms with Gasteiger partial charge in [-0.2, -0.15) is 5.26 Å². The highest BCUT2D eigenvalue weighted by atomic mass is 32.1. The molecule has 15 aromatic rings. The van der Waals surface area contributed by atoms with E-state index in [2.05, 4.69) is 117 Å². The summed E-state index contributed by atoms with van der Waals surface area (Å²) in [6.45, 7) is 9.33. The molecule has 0 fully saturated rings. The lowest BCUT2D eigenvalue weighted by Gasteiger charge is -2.25. The third-order valence-corrected chi connectivity index (χ3v) is 15.3. The molecule has 6 heterocycles. The van der Waals surface area contributed by atoms with Gasteiger partial charge >= 0.3 is 0 Å². The van der Waals surface area contributed by atoms with Crippen molar-refractivity contribution in [3.63, 3.8) is 0 Å². The highest BCUT2D eigenvalue weighted by Crippen LogP contribution is 2.55. The van der Waals surface area contributed by atoms with Gasteiger partial charge in [0.25, 0.3) is 0 Å². The van der Waals surface area contributed by atoms with Gasteiger partial charge in [-0.15, -0.1) is 11.3 Å². The van der Waals surface area contributed by atoms with Crippen LogP contribution in [0.1, 0.15) is 5.56 Å². The normalized spacial score (nSPS) is 12.1.